The fourth-order valence-corrected chi connectivity index (χ4v) is 2.52. The monoisotopic (exact) mass is 298 g/mol. The largest absolute Gasteiger partial charge is 0.394 e. The average molecular weight is 298 g/mol. The van der Waals surface area contributed by atoms with Crippen LogP contribution in [0.1, 0.15) is 18.7 Å². The fraction of sp³-hybridized carbons (Fsp3) is 0.545. The fourth-order valence-electron chi connectivity index (χ4n) is 2.52. The molecule has 10 heteroatoms. The molecule has 21 heavy (non-hydrogen) atoms. The molecule has 3 rings (SSSR count). The Bertz CT molecular complexity index is 690. The molecule has 0 radical (unpaired) electrons. The van der Waals surface area contributed by atoms with E-state index in [1.807, 2.05) is 0 Å². The maximum absolute atomic E-state index is 14.8. The summed E-state index contributed by atoms with van der Waals surface area (Å²) in [7, 11) is 0. The van der Waals surface area contributed by atoms with Gasteiger partial charge in [-0.25, -0.2) is 13.9 Å². The van der Waals surface area contributed by atoms with E-state index in [-0.39, 0.29) is 23.1 Å². The van der Waals surface area contributed by atoms with Crippen LogP contribution in [0.2, 0.25) is 0 Å². The first-order valence-corrected chi connectivity index (χ1v) is 6.26. The minimum absolute atomic E-state index is 0.0477. The summed E-state index contributed by atoms with van der Waals surface area (Å²) >= 11 is 0. The van der Waals surface area contributed by atoms with Crippen molar-refractivity contribution in [3.63, 3.8) is 0 Å². The molecule has 1 saturated heterocycles. The molecule has 0 aliphatic carbocycles. The molecule has 0 spiro atoms. The summed E-state index contributed by atoms with van der Waals surface area (Å²) in [5.74, 6) is -0.0522. The Morgan fingerprint density at radius 3 is 2.86 bits per heavy atom. The lowest BCUT2D eigenvalue weighted by Gasteiger charge is -2.23. The standard InChI is InChI=1S/C11H15FN6O3/c1-11(12)6(20)5(3-19)21-7(11)4-2-15-9-8(13)16-10(14)17-18(4)9/h2,5-7,19-20H,3H2,1H3,(H4,13,14,16,17)/t5-,6-,7+,11-/m1/s1. The maximum atomic E-state index is 14.8. The first-order chi connectivity index (χ1) is 9.86. The molecule has 0 saturated carbocycles. The van der Waals surface area contributed by atoms with Crippen molar-refractivity contribution in [2.24, 2.45) is 0 Å². The lowest BCUT2D eigenvalue weighted by molar-refractivity contribution is -0.0248. The van der Waals surface area contributed by atoms with Crippen molar-refractivity contribution in [3.05, 3.63) is 11.9 Å². The molecular weight excluding hydrogens is 283 g/mol. The van der Waals surface area contributed by atoms with Crippen LogP contribution in [0.3, 0.4) is 0 Å². The van der Waals surface area contributed by atoms with Crippen LogP contribution in [0.5, 0.6) is 0 Å². The molecule has 0 amide bonds. The number of hydrogen-bond acceptors (Lipinski definition) is 8. The van der Waals surface area contributed by atoms with Crippen molar-refractivity contribution in [3.8, 4) is 0 Å². The topological polar surface area (TPSA) is 145 Å². The molecule has 1 fully saturated rings. The van der Waals surface area contributed by atoms with Gasteiger partial charge in [0.2, 0.25) is 5.95 Å². The number of anilines is 2. The minimum atomic E-state index is -2.13. The van der Waals surface area contributed by atoms with Crippen LogP contribution in [-0.2, 0) is 4.74 Å². The molecule has 2 aromatic heterocycles. The highest BCUT2D eigenvalue weighted by atomic mass is 19.1. The Hall–Kier alpha value is -2.04. The second kappa shape index (κ2) is 4.48. The first-order valence-electron chi connectivity index (χ1n) is 6.26. The number of halogens is 1. The molecule has 6 N–H and O–H groups in total. The van der Waals surface area contributed by atoms with E-state index in [9.17, 15) is 9.50 Å². The van der Waals surface area contributed by atoms with Crippen molar-refractivity contribution in [2.75, 3.05) is 18.1 Å². The van der Waals surface area contributed by atoms with E-state index in [1.54, 1.807) is 0 Å². The third-order valence-corrected chi connectivity index (χ3v) is 3.63. The quantitative estimate of drug-likeness (QED) is 0.541. The van der Waals surface area contributed by atoms with E-state index in [0.29, 0.717) is 0 Å². The van der Waals surface area contributed by atoms with Crippen LogP contribution in [0.25, 0.3) is 5.65 Å². The normalized spacial score (nSPS) is 32.9. The molecular formula is C11H15FN6O3. The van der Waals surface area contributed by atoms with Gasteiger partial charge in [-0.1, -0.05) is 0 Å². The summed E-state index contributed by atoms with van der Waals surface area (Å²) in [5.41, 5.74) is 9.51. The van der Waals surface area contributed by atoms with Gasteiger partial charge in [-0.15, -0.1) is 5.10 Å². The van der Waals surface area contributed by atoms with Gasteiger partial charge in [0.25, 0.3) is 0 Å². The van der Waals surface area contributed by atoms with Gasteiger partial charge < -0.3 is 26.4 Å². The molecule has 1 aliphatic heterocycles. The summed E-state index contributed by atoms with van der Waals surface area (Å²) < 4.78 is 21.4. The smallest absolute Gasteiger partial charge is 0.240 e. The number of nitrogen functional groups attached to an aromatic ring is 2. The van der Waals surface area contributed by atoms with Crippen molar-refractivity contribution < 1.29 is 19.3 Å². The van der Waals surface area contributed by atoms with Crippen LogP contribution in [0.4, 0.5) is 16.2 Å². The summed E-state index contributed by atoms with van der Waals surface area (Å²) in [4.78, 5) is 7.77. The number of aromatic nitrogens is 4. The number of aliphatic hydroxyl groups excluding tert-OH is 2. The second-order valence-electron chi connectivity index (χ2n) is 5.11. The summed E-state index contributed by atoms with van der Waals surface area (Å²) in [6, 6.07) is 0. The molecule has 0 aromatic carbocycles. The molecule has 3 heterocycles. The van der Waals surface area contributed by atoms with Crippen molar-refractivity contribution in [2.45, 2.75) is 30.9 Å². The molecule has 0 bridgehead atoms. The zero-order valence-corrected chi connectivity index (χ0v) is 11.1. The minimum Gasteiger partial charge on any atom is -0.394 e. The van der Waals surface area contributed by atoms with Gasteiger partial charge in [0, 0.05) is 0 Å². The number of nitrogens with two attached hydrogens (primary N) is 2. The van der Waals surface area contributed by atoms with Crippen LogP contribution in [-0.4, -0.2) is 54.3 Å². The number of hydrogen-bond donors (Lipinski definition) is 4. The van der Waals surface area contributed by atoms with Crippen LogP contribution in [0, 0.1) is 0 Å². The van der Waals surface area contributed by atoms with Gasteiger partial charge in [0.15, 0.2) is 17.1 Å². The zero-order chi connectivity index (χ0) is 15.4. The van der Waals surface area contributed by atoms with Crippen molar-refractivity contribution in [1.82, 2.24) is 19.6 Å². The van der Waals surface area contributed by atoms with Gasteiger partial charge >= 0.3 is 0 Å². The van der Waals surface area contributed by atoms with Gasteiger partial charge in [0.1, 0.15) is 18.3 Å². The number of imidazole rings is 1. The highest BCUT2D eigenvalue weighted by molar-refractivity contribution is 5.60. The number of aliphatic hydroxyl groups is 2. The van der Waals surface area contributed by atoms with Crippen molar-refractivity contribution in [1.29, 1.82) is 0 Å². The summed E-state index contributed by atoms with van der Waals surface area (Å²) in [6.07, 6.45) is -2.36. The summed E-state index contributed by atoms with van der Waals surface area (Å²) in [5, 5.41) is 23.0. The van der Waals surface area contributed by atoms with E-state index in [0.717, 1.165) is 0 Å². The van der Waals surface area contributed by atoms with E-state index in [2.05, 4.69) is 15.1 Å². The molecule has 9 nitrogen and oxygen atoms in total. The third kappa shape index (κ3) is 1.91. The highest BCUT2D eigenvalue weighted by Crippen LogP contribution is 2.44. The lowest BCUT2D eigenvalue weighted by atomic mass is 9.93. The van der Waals surface area contributed by atoms with Crippen LogP contribution in [0.15, 0.2) is 6.20 Å². The van der Waals surface area contributed by atoms with Crippen LogP contribution >= 0.6 is 0 Å². The van der Waals surface area contributed by atoms with E-state index >= 15 is 0 Å². The molecule has 2 aromatic rings. The Morgan fingerprint density at radius 1 is 1.52 bits per heavy atom. The predicted molar refractivity (Wildman–Crippen MR) is 69.8 cm³/mol. The number of ether oxygens (including phenoxy) is 1. The number of alkyl halides is 1. The highest BCUT2D eigenvalue weighted by Gasteiger charge is 2.55. The Labute approximate surface area is 118 Å². The average Bonchev–Trinajstić information content (AvgIpc) is 2.91. The van der Waals surface area contributed by atoms with Gasteiger partial charge in [-0.05, 0) is 6.92 Å². The SMILES string of the molecule is C[C@@]1(F)[C@H](O)[C@@H](CO)O[C@H]1c1cnc2c(N)nc(N)nn12. The lowest BCUT2D eigenvalue weighted by Crippen LogP contribution is -2.39. The zero-order valence-electron chi connectivity index (χ0n) is 11.1. The third-order valence-electron chi connectivity index (χ3n) is 3.63. The van der Waals surface area contributed by atoms with E-state index in [4.69, 9.17) is 21.3 Å². The first kappa shape index (κ1) is 13.9. The molecule has 0 unspecified atom stereocenters. The number of fused-ring (bicyclic) bond motifs is 1. The number of rotatable bonds is 2. The van der Waals surface area contributed by atoms with Gasteiger partial charge in [-0.2, -0.15) is 4.98 Å². The second-order valence-corrected chi connectivity index (χ2v) is 5.11. The van der Waals surface area contributed by atoms with Gasteiger partial charge in [-0.3, -0.25) is 0 Å². The Kier molecular flexibility index (Phi) is 2.97. The number of nitrogens with zero attached hydrogens (tertiary/aromatic N) is 4. The maximum Gasteiger partial charge on any atom is 0.240 e. The molecule has 114 valence electrons. The predicted octanol–water partition coefficient (Wildman–Crippen LogP) is -1.19. The Balaban J connectivity index is 2.13. The van der Waals surface area contributed by atoms with Crippen molar-refractivity contribution >= 4 is 17.4 Å². The summed E-state index contributed by atoms with van der Waals surface area (Å²) in [6.45, 7) is 0.679. The Morgan fingerprint density at radius 2 is 2.24 bits per heavy atom. The van der Waals surface area contributed by atoms with Gasteiger partial charge in [0.05, 0.1) is 18.5 Å². The van der Waals surface area contributed by atoms with E-state index in [1.165, 1.54) is 17.6 Å². The van der Waals surface area contributed by atoms with Crippen LogP contribution < -0.4 is 11.5 Å². The molecule has 4 atom stereocenters. The van der Waals surface area contributed by atoms with E-state index < -0.39 is 30.6 Å². The molecule has 1 aliphatic rings.